The van der Waals surface area contributed by atoms with Gasteiger partial charge in [0.15, 0.2) is 0 Å². The summed E-state index contributed by atoms with van der Waals surface area (Å²) in [6, 6.07) is 3.55. The van der Waals surface area contributed by atoms with E-state index in [1.165, 1.54) is 31.3 Å². The number of carbonyl (C=O) groups excluding carboxylic acids is 3. The van der Waals surface area contributed by atoms with Crippen LogP contribution in [0.2, 0.25) is 0 Å². The molecule has 0 aliphatic carbocycles. The highest BCUT2D eigenvalue weighted by atomic mass is 16.6. The van der Waals surface area contributed by atoms with Crippen LogP contribution in [0.1, 0.15) is 31.7 Å². The fourth-order valence-electron chi connectivity index (χ4n) is 2.52. The number of hydrogen-bond donors (Lipinski definition) is 1. The second-order valence-corrected chi connectivity index (χ2v) is 5.94. The van der Waals surface area contributed by atoms with Crippen LogP contribution in [-0.2, 0) is 14.3 Å². The molecule has 10 heteroatoms. The number of urea groups is 1. The summed E-state index contributed by atoms with van der Waals surface area (Å²) in [5.74, 6) is -0.520. The first kappa shape index (κ1) is 20.9. The minimum absolute atomic E-state index is 0.000290. The Kier molecular flexibility index (Phi) is 7.08. The lowest BCUT2D eigenvalue weighted by atomic mass is 10.1. The molecule has 0 bridgehead atoms. The van der Waals surface area contributed by atoms with E-state index >= 15 is 0 Å². The van der Waals surface area contributed by atoms with Crippen LogP contribution in [0.5, 0.6) is 5.75 Å². The van der Waals surface area contributed by atoms with E-state index in [1.807, 2.05) is 0 Å². The highest BCUT2D eigenvalue weighted by Crippen LogP contribution is 2.28. The van der Waals surface area contributed by atoms with Crippen LogP contribution >= 0.6 is 0 Å². The average Bonchev–Trinajstić information content (AvgIpc) is 2.88. The van der Waals surface area contributed by atoms with Crippen molar-refractivity contribution in [3.8, 4) is 5.75 Å². The van der Waals surface area contributed by atoms with Gasteiger partial charge >= 0.3 is 12.0 Å². The molecular weight excluding hydrogens is 370 g/mol. The quantitative estimate of drug-likeness (QED) is 0.171. The van der Waals surface area contributed by atoms with E-state index in [2.05, 4.69) is 5.32 Å². The van der Waals surface area contributed by atoms with Crippen molar-refractivity contribution in [2.24, 2.45) is 0 Å². The largest absolute Gasteiger partial charge is 0.494 e. The maximum atomic E-state index is 11.8. The number of nitro benzene ring substituents is 1. The predicted molar refractivity (Wildman–Crippen MR) is 98.4 cm³/mol. The fraction of sp³-hybridized carbons (Fsp3) is 0.389. The Bertz CT molecular complexity index is 819. The molecule has 1 fully saturated rings. The summed E-state index contributed by atoms with van der Waals surface area (Å²) in [4.78, 5) is 46.4. The Morgan fingerprint density at radius 1 is 1.32 bits per heavy atom. The third-order valence-electron chi connectivity index (χ3n) is 3.96. The first-order valence-corrected chi connectivity index (χ1v) is 8.71. The van der Waals surface area contributed by atoms with Crippen molar-refractivity contribution in [2.45, 2.75) is 26.2 Å². The van der Waals surface area contributed by atoms with Crippen LogP contribution in [0.3, 0.4) is 0 Å². The highest BCUT2D eigenvalue weighted by Gasteiger charge is 2.30. The normalized spacial score (nSPS) is 14.9. The third-order valence-corrected chi connectivity index (χ3v) is 3.96. The number of hydrogen-bond acceptors (Lipinski definition) is 7. The zero-order valence-corrected chi connectivity index (χ0v) is 15.6. The molecule has 1 aliphatic rings. The van der Waals surface area contributed by atoms with Gasteiger partial charge in [-0.05, 0) is 38.0 Å². The minimum atomic E-state index is -0.632. The number of nitrogens with one attached hydrogen (secondary N) is 1. The first-order chi connectivity index (χ1) is 13.3. The molecule has 1 heterocycles. The summed E-state index contributed by atoms with van der Waals surface area (Å²) in [5, 5.41) is 13.4. The number of benzene rings is 1. The van der Waals surface area contributed by atoms with Crippen molar-refractivity contribution < 1.29 is 28.8 Å². The molecule has 0 radical (unpaired) electrons. The molecule has 2 rings (SSSR count). The van der Waals surface area contributed by atoms with E-state index in [0.29, 0.717) is 38.2 Å². The molecule has 3 amide bonds. The number of carbonyl (C=O) groups is 3. The summed E-state index contributed by atoms with van der Waals surface area (Å²) in [6.07, 6.45) is 2.76. The number of amides is 3. The maximum Gasteiger partial charge on any atom is 0.328 e. The molecule has 1 aromatic carbocycles. The summed E-state index contributed by atoms with van der Waals surface area (Å²) >= 11 is 0. The van der Waals surface area contributed by atoms with Gasteiger partial charge < -0.3 is 9.47 Å². The Labute approximate surface area is 161 Å². The lowest BCUT2D eigenvalue weighted by Gasteiger charge is -2.09. The Hall–Kier alpha value is -3.43. The standard InChI is InChI=1S/C18H21N3O7/c1-3-27-16(22)6-4-5-9-28-13-7-8-14(21(25)26)12(10-13)11-15-17(23)19-18(24)20(15)2/h7-8,10-11H,3-6,9H2,1-2H3,(H,19,23,24)/b15-11+. The monoisotopic (exact) mass is 391 g/mol. The van der Waals surface area contributed by atoms with Gasteiger partial charge in [-0.15, -0.1) is 0 Å². The molecule has 28 heavy (non-hydrogen) atoms. The molecule has 0 unspecified atom stereocenters. The van der Waals surface area contributed by atoms with Gasteiger partial charge in [0.2, 0.25) is 0 Å². The van der Waals surface area contributed by atoms with Crippen LogP contribution in [0, 0.1) is 10.1 Å². The van der Waals surface area contributed by atoms with Gasteiger partial charge in [0.05, 0.1) is 23.7 Å². The number of rotatable bonds is 9. The minimum Gasteiger partial charge on any atom is -0.494 e. The molecule has 1 saturated heterocycles. The summed E-state index contributed by atoms with van der Waals surface area (Å²) < 4.78 is 10.4. The van der Waals surface area contributed by atoms with E-state index < -0.39 is 16.9 Å². The Morgan fingerprint density at radius 2 is 2.07 bits per heavy atom. The molecule has 1 N–H and O–H groups in total. The SMILES string of the molecule is CCOC(=O)CCCCOc1ccc([N+](=O)[O-])c(/C=C2\C(=O)NC(=O)N2C)c1. The Morgan fingerprint density at radius 3 is 2.68 bits per heavy atom. The van der Waals surface area contributed by atoms with E-state index in [-0.39, 0.29) is 22.9 Å². The number of likely N-dealkylation sites (N-methyl/N-ethyl adjacent to an activating group) is 1. The zero-order valence-electron chi connectivity index (χ0n) is 15.6. The van der Waals surface area contributed by atoms with Crippen molar-refractivity contribution in [3.63, 3.8) is 0 Å². The predicted octanol–water partition coefficient (Wildman–Crippen LogP) is 2.23. The summed E-state index contributed by atoms with van der Waals surface area (Å²) in [7, 11) is 1.39. The van der Waals surface area contributed by atoms with Crippen molar-refractivity contribution in [3.05, 3.63) is 39.6 Å². The molecule has 0 saturated carbocycles. The molecule has 10 nitrogen and oxygen atoms in total. The van der Waals surface area contributed by atoms with Gasteiger partial charge in [-0.25, -0.2) is 4.79 Å². The topological polar surface area (TPSA) is 128 Å². The van der Waals surface area contributed by atoms with E-state index in [0.717, 1.165) is 4.90 Å². The third kappa shape index (κ3) is 5.29. The van der Waals surface area contributed by atoms with Gasteiger partial charge in [0.25, 0.3) is 11.6 Å². The van der Waals surface area contributed by atoms with Crippen molar-refractivity contribution >= 4 is 29.7 Å². The number of nitrogens with zero attached hydrogens (tertiary/aromatic N) is 2. The van der Waals surface area contributed by atoms with Gasteiger partial charge in [-0.2, -0.15) is 0 Å². The van der Waals surface area contributed by atoms with Gasteiger partial charge in [-0.1, -0.05) is 0 Å². The van der Waals surface area contributed by atoms with E-state index in [4.69, 9.17) is 9.47 Å². The molecular formula is C18H21N3O7. The van der Waals surface area contributed by atoms with Crippen LogP contribution in [0.15, 0.2) is 23.9 Å². The second kappa shape index (κ2) is 9.49. The van der Waals surface area contributed by atoms with Crippen LogP contribution in [0.25, 0.3) is 6.08 Å². The number of ether oxygens (including phenoxy) is 2. The maximum absolute atomic E-state index is 11.8. The molecule has 150 valence electrons. The van der Waals surface area contributed by atoms with Gasteiger partial charge in [0.1, 0.15) is 11.4 Å². The average molecular weight is 391 g/mol. The number of imide groups is 1. The fourth-order valence-corrected chi connectivity index (χ4v) is 2.52. The number of nitro groups is 1. The Balaban J connectivity index is 2.07. The molecule has 1 aliphatic heterocycles. The molecule has 0 spiro atoms. The van der Waals surface area contributed by atoms with Gasteiger partial charge in [0, 0.05) is 19.5 Å². The second-order valence-electron chi connectivity index (χ2n) is 5.94. The lowest BCUT2D eigenvalue weighted by Crippen LogP contribution is -2.24. The molecule has 1 aromatic rings. The van der Waals surface area contributed by atoms with Crippen molar-refractivity contribution in [2.75, 3.05) is 20.3 Å². The van der Waals surface area contributed by atoms with Crippen LogP contribution in [-0.4, -0.2) is 48.0 Å². The molecule has 0 aromatic heterocycles. The van der Waals surface area contributed by atoms with Gasteiger partial charge in [-0.3, -0.25) is 29.9 Å². The van der Waals surface area contributed by atoms with E-state index in [1.54, 1.807) is 6.92 Å². The first-order valence-electron chi connectivity index (χ1n) is 8.71. The van der Waals surface area contributed by atoms with Crippen molar-refractivity contribution in [1.29, 1.82) is 0 Å². The van der Waals surface area contributed by atoms with E-state index in [9.17, 15) is 24.5 Å². The smallest absolute Gasteiger partial charge is 0.328 e. The summed E-state index contributed by atoms with van der Waals surface area (Å²) in [5.41, 5.74) is -0.0804. The van der Waals surface area contributed by atoms with Crippen molar-refractivity contribution in [1.82, 2.24) is 10.2 Å². The zero-order chi connectivity index (χ0) is 20.7. The van der Waals surface area contributed by atoms with Crippen LogP contribution in [0.4, 0.5) is 10.5 Å². The summed E-state index contributed by atoms with van der Waals surface area (Å²) in [6.45, 7) is 2.40. The number of esters is 1. The lowest BCUT2D eigenvalue weighted by molar-refractivity contribution is -0.385. The van der Waals surface area contributed by atoms with Crippen LogP contribution < -0.4 is 10.1 Å². The number of unbranched alkanes of at least 4 members (excludes halogenated alkanes) is 1. The molecule has 0 atom stereocenters. The highest BCUT2D eigenvalue weighted by molar-refractivity contribution is 6.14.